The predicted octanol–water partition coefficient (Wildman–Crippen LogP) is 0.510. The Morgan fingerprint density at radius 1 is 1.32 bits per heavy atom. The Bertz CT molecular complexity index is 562. The zero-order chi connectivity index (χ0) is 15.6. The minimum atomic E-state index is -0.657. The summed E-state index contributed by atoms with van der Waals surface area (Å²) in [5.41, 5.74) is 0.487. The van der Waals surface area contributed by atoms with Gasteiger partial charge >= 0.3 is 6.03 Å². The Kier molecular flexibility index (Phi) is 4.15. The van der Waals surface area contributed by atoms with E-state index in [2.05, 4.69) is 15.7 Å². The molecule has 0 saturated carbocycles. The molecule has 1 spiro atoms. The van der Waals surface area contributed by atoms with Gasteiger partial charge in [0.2, 0.25) is 0 Å². The zero-order valence-corrected chi connectivity index (χ0v) is 13.0. The summed E-state index contributed by atoms with van der Waals surface area (Å²) in [7, 11) is 0. The van der Waals surface area contributed by atoms with Crippen molar-refractivity contribution in [2.45, 2.75) is 44.7 Å². The fourth-order valence-electron chi connectivity index (χ4n) is 3.22. The number of imide groups is 1. The highest BCUT2D eigenvalue weighted by atomic mass is 16.2. The van der Waals surface area contributed by atoms with Gasteiger partial charge in [0.25, 0.3) is 5.91 Å². The lowest BCUT2D eigenvalue weighted by Gasteiger charge is -2.31. The number of amides is 3. The molecule has 3 rings (SSSR count). The molecule has 0 bridgehead atoms. The molecule has 0 radical (unpaired) electrons. The fourth-order valence-corrected chi connectivity index (χ4v) is 3.22. The van der Waals surface area contributed by atoms with Crippen LogP contribution in [0.2, 0.25) is 0 Å². The van der Waals surface area contributed by atoms with E-state index in [-0.39, 0.29) is 11.9 Å². The third-order valence-electron chi connectivity index (χ3n) is 4.56. The van der Waals surface area contributed by atoms with Crippen molar-refractivity contribution in [1.29, 1.82) is 0 Å². The highest BCUT2D eigenvalue weighted by Gasteiger charge is 2.50. The van der Waals surface area contributed by atoms with Crippen molar-refractivity contribution in [2.75, 3.05) is 19.6 Å². The monoisotopic (exact) mass is 305 g/mol. The molecule has 0 unspecified atom stereocenters. The van der Waals surface area contributed by atoms with Gasteiger partial charge in [0, 0.05) is 19.3 Å². The summed E-state index contributed by atoms with van der Waals surface area (Å²) in [4.78, 5) is 26.1. The molecule has 7 heteroatoms. The van der Waals surface area contributed by atoms with Gasteiger partial charge in [0.05, 0.1) is 6.20 Å². The van der Waals surface area contributed by atoms with Gasteiger partial charge in [-0.3, -0.25) is 14.4 Å². The van der Waals surface area contributed by atoms with Gasteiger partial charge in [0.15, 0.2) is 0 Å². The number of aryl methyl sites for hydroxylation is 2. The van der Waals surface area contributed by atoms with E-state index in [9.17, 15) is 9.59 Å². The Morgan fingerprint density at radius 3 is 2.77 bits per heavy atom. The molecule has 2 aliphatic rings. The molecule has 2 N–H and O–H groups in total. The average Bonchev–Trinajstić information content (AvgIpc) is 3.07. The Morgan fingerprint density at radius 2 is 2.09 bits per heavy atom. The van der Waals surface area contributed by atoms with Crippen molar-refractivity contribution in [3.63, 3.8) is 0 Å². The van der Waals surface area contributed by atoms with E-state index in [0.29, 0.717) is 19.4 Å². The summed E-state index contributed by atoms with van der Waals surface area (Å²) < 4.78 is 1.88. The molecular weight excluding hydrogens is 282 g/mol. The van der Waals surface area contributed by atoms with Crippen molar-refractivity contribution in [2.24, 2.45) is 0 Å². The Hall–Kier alpha value is -1.89. The molecule has 2 fully saturated rings. The van der Waals surface area contributed by atoms with Crippen LogP contribution in [0.25, 0.3) is 0 Å². The second kappa shape index (κ2) is 6.08. The first-order valence-electron chi connectivity index (χ1n) is 8.01. The number of hydrogen-bond donors (Lipinski definition) is 2. The number of carbonyl (C=O) groups excluding carboxylic acids is 2. The summed E-state index contributed by atoms with van der Waals surface area (Å²) in [6.45, 7) is 4.91. The highest BCUT2D eigenvalue weighted by Crippen LogP contribution is 2.27. The summed E-state index contributed by atoms with van der Waals surface area (Å²) >= 11 is 0. The molecule has 0 atom stereocenters. The molecule has 0 aromatic carbocycles. The van der Waals surface area contributed by atoms with Gasteiger partial charge in [-0.2, -0.15) is 5.10 Å². The van der Waals surface area contributed by atoms with Gasteiger partial charge < -0.3 is 10.6 Å². The third-order valence-corrected chi connectivity index (χ3v) is 4.56. The van der Waals surface area contributed by atoms with Crippen molar-refractivity contribution < 1.29 is 9.59 Å². The smallest absolute Gasteiger partial charge is 0.323 e. The zero-order valence-electron chi connectivity index (χ0n) is 13.0. The first kappa shape index (κ1) is 15.0. The van der Waals surface area contributed by atoms with Crippen LogP contribution >= 0.6 is 0 Å². The Labute approximate surface area is 130 Å². The number of urea groups is 1. The maximum atomic E-state index is 12.6. The van der Waals surface area contributed by atoms with Crippen molar-refractivity contribution >= 4 is 11.9 Å². The number of rotatable bonds is 5. The molecule has 2 saturated heterocycles. The van der Waals surface area contributed by atoms with Crippen LogP contribution < -0.4 is 10.6 Å². The number of nitrogens with zero attached hydrogens (tertiary/aromatic N) is 3. The fraction of sp³-hybridized carbons (Fsp3) is 0.667. The van der Waals surface area contributed by atoms with Crippen LogP contribution in [0.15, 0.2) is 12.4 Å². The molecule has 7 nitrogen and oxygen atoms in total. The van der Waals surface area contributed by atoms with E-state index in [0.717, 1.165) is 38.0 Å². The number of aromatic nitrogens is 2. The van der Waals surface area contributed by atoms with Crippen molar-refractivity contribution in [3.05, 3.63) is 18.0 Å². The number of piperidine rings is 1. The lowest BCUT2D eigenvalue weighted by Crippen LogP contribution is -2.53. The second-order valence-electron chi connectivity index (χ2n) is 6.03. The normalized spacial score (nSPS) is 20.7. The minimum absolute atomic E-state index is 0.0525. The molecule has 3 heterocycles. The summed E-state index contributed by atoms with van der Waals surface area (Å²) in [6, 6.07) is -0.240. The van der Waals surface area contributed by atoms with E-state index in [1.54, 1.807) is 0 Å². The summed E-state index contributed by atoms with van der Waals surface area (Å²) in [5, 5.41) is 10.4. The molecule has 120 valence electrons. The van der Waals surface area contributed by atoms with Crippen molar-refractivity contribution in [1.82, 2.24) is 25.3 Å². The van der Waals surface area contributed by atoms with Crippen LogP contribution in [-0.2, 0) is 17.8 Å². The summed E-state index contributed by atoms with van der Waals surface area (Å²) in [5.74, 6) is -0.0525. The number of nitrogens with one attached hydrogen (secondary N) is 2. The van der Waals surface area contributed by atoms with Crippen molar-refractivity contribution in [3.8, 4) is 0 Å². The molecule has 2 aliphatic heterocycles. The topological polar surface area (TPSA) is 79.3 Å². The van der Waals surface area contributed by atoms with E-state index in [1.807, 2.05) is 24.0 Å². The van der Waals surface area contributed by atoms with Gasteiger partial charge in [-0.1, -0.05) is 0 Å². The molecule has 3 amide bonds. The molecular formula is C15H23N5O2. The minimum Gasteiger partial charge on any atom is -0.323 e. The van der Waals surface area contributed by atoms with E-state index >= 15 is 0 Å². The highest BCUT2D eigenvalue weighted by molar-refractivity contribution is 6.07. The molecule has 1 aromatic heterocycles. The van der Waals surface area contributed by atoms with E-state index in [1.165, 1.54) is 4.90 Å². The molecule has 22 heavy (non-hydrogen) atoms. The maximum Gasteiger partial charge on any atom is 0.325 e. The van der Waals surface area contributed by atoms with Crippen LogP contribution in [0.3, 0.4) is 0 Å². The number of carbonyl (C=O) groups is 2. The average molecular weight is 305 g/mol. The second-order valence-corrected chi connectivity index (χ2v) is 6.03. The predicted molar refractivity (Wildman–Crippen MR) is 81.3 cm³/mol. The van der Waals surface area contributed by atoms with Crippen LogP contribution in [-0.4, -0.2) is 51.8 Å². The number of hydrogen-bond acceptors (Lipinski definition) is 4. The van der Waals surface area contributed by atoms with Gasteiger partial charge in [-0.25, -0.2) is 4.79 Å². The van der Waals surface area contributed by atoms with Crippen LogP contribution in [0, 0.1) is 0 Å². The SMILES string of the molecule is CCn1cc(CCCN2C(=O)NC3(CCNCC3)C2=O)cn1. The standard InChI is InChI=1S/C15H23N5O2/c1-2-19-11-12(10-17-19)4-3-9-20-13(21)15(18-14(20)22)5-7-16-8-6-15/h10-11,16H,2-9H2,1H3,(H,18,22). The van der Waals surface area contributed by atoms with Gasteiger partial charge in [0.1, 0.15) is 5.54 Å². The Balaban J connectivity index is 1.56. The van der Waals surface area contributed by atoms with E-state index < -0.39 is 5.54 Å². The quantitative estimate of drug-likeness (QED) is 0.777. The molecule has 1 aromatic rings. The first-order valence-corrected chi connectivity index (χ1v) is 8.01. The van der Waals surface area contributed by atoms with E-state index in [4.69, 9.17) is 0 Å². The largest absolute Gasteiger partial charge is 0.325 e. The van der Waals surface area contributed by atoms with Gasteiger partial charge in [-0.15, -0.1) is 0 Å². The summed E-state index contributed by atoms with van der Waals surface area (Å²) in [6.07, 6.45) is 6.81. The maximum absolute atomic E-state index is 12.6. The van der Waals surface area contributed by atoms with Crippen LogP contribution in [0.5, 0.6) is 0 Å². The molecule has 0 aliphatic carbocycles. The lowest BCUT2D eigenvalue weighted by atomic mass is 9.88. The first-order chi connectivity index (χ1) is 10.6. The van der Waals surface area contributed by atoms with Gasteiger partial charge in [-0.05, 0) is 51.3 Å². The van der Waals surface area contributed by atoms with Crippen LogP contribution in [0.4, 0.5) is 4.79 Å². The lowest BCUT2D eigenvalue weighted by molar-refractivity contribution is -0.132. The third kappa shape index (κ3) is 2.72. The van der Waals surface area contributed by atoms with Crippen LogP contribution in [0.1, 0.15) is 31.7 Å².